The molecule has 0 aromatic carbocycles. The Morgan fingerprint density at radius 2 is 1.93 bits per heavy atom. The molecule has 4 nitrogen and oxygen atoms in total. The van der Waals surface area contributed by atoms with E-state index in [2.05, 4.69) is 0 Å². The zero-order chi connectivity index (χ0) is 10.8. The molecule has 2 fully saturated rings. The molecule has 0 radical (unpaired) electrons. The van der Waals surface area contributed by atoms with E-state index in [9.17, 15) is 9.59 Å². The fourth-order valence-corrected chi connectivity index (χ4v) is 2.06. The molecule has 0 aromatic heterocycles. The molecular formula is C11H17NO3. The molecule has 1 saturated heterocycles. The summed E-state index contributed by atoms with van der Waals surface area (Å²) in [6.07, 6.45) is 4.08. The highest BCUT2D eigenvalue weighted by atomic mass is 16.4. The lowest BCUT2D eigenvalue weighted by Gasteiger charge is -2.39. The van der Waals surface area contributed by atoms with Gasteiger partial charge in [0.05, 0.1) is 0 Å². The molecule has 4 heteroatoms. The third-order valence-electron chi connectivity index (χ3n) is 3.20. The van der Waals surface area contributed by atoms with Gasteiger partial charge in [-0.1, -0.05) is 0 Å². The number of rotatable bonds is 5. The quantitative estimate of drug-likeness (QED) is 0.741. The molecule has 1 N–H and O–H groups in total. The molecule has 0 spiro atoms. The van der Waals surface area contributed by atoms with Crippen molar-refractivity contribution < 1.29 is 14.7 Å². The first kappa shape index (κ1) is 10.5. The maximum Gasteiger partial charge on any atom is 0.303 e. The lowest BCUT2D eigenvalue weighted by Crippen LogP contribution is -2.50. The van der Waals surface area contributed by atoms with E-state index < -0.39 is 5.97 Å². The second-order valence-corrected chi connectivity index (χ2v) is 4.67. The zero-order valence-electron chi connectivity index (χ0n) is 8.82. The number of likely N-dealkylation sites (tertiary alicyclic amines) is 1. The molecule has 0 atom stereocenters. The van der Waals surface area contributed by atoms with Crippen molar-refractivity contribution in [2.45, 2.75) is 32.1 Å². The molecule has 2 rings (SSSR count). The van der Waals surface area contributed by atoms with Crippen LogP contribution in [0.4, 0.5) is 0 Å². The highest BCUT2D eigenvalue weighted by molar-refractivity contribution is 5.81. The number of nitrogens with zero attached hydrogens (tertiary/aromatic N) is 1. The molecule has 1 amide bonds. The van der Waals surface area contributed by atoms with E-state index in [1.807, 2.05) is 4.90 Å². The molecule has 2 aliphatic rings. The Balaban J connectivity index is 1.57. The summed E-state index contributed by atoms with van der Waals surface area (Å²) in [5, 5.41) is 8.47. The summed E-state index contributed by atoms with van der Waals surface area (Å²) in [4.78, 5) is 23.8. The predicted molar refractivity (Wildman–Crippen MR) is 54.3 cm³/mol. The number of hydrogen-bond acceptors (Lipinski definition) is 2. The van der Waals surface area contributed by atoms with Gasteiger partial charge in [0.1, 0.15) is 0 Å². The van der Waals surface area contributed by atoms with E-state index in [4.69, 9.17) is 5.11 Å². The Kier molecular flexibility index (Phi) is 2.93. The summed E-state index contributed by atoms with van der Waals surface area (Å²) in [6.45, 7) is 1.71. The van der Waals surface area contributed by atoms with E-state index in [0.29, 0.717) is 17.7 Å². The van der Waals surface area contributed by atoms with E-state index in [0.717, 1.165) is 38.8 Å². The number of carbonyl (C=O) groups is 2. The maximum atomic E-state index is 11.5. The fourth-order valence-electron chi connectivity index (χ4n) is 2.06. The van der Waals surface area contributed by atoms with Gasteiger partial charge in [-0.15, -0.1) is 0 Å². The van der Waals surface area contributed by atoms with Crippen LogP contribution in [-0.4, -0.2) is 35.0 Å². The van der Waals surface area contributed by atoms with Crippen LogP contribution in [0.3, 0.4) is 0 Å². The Morgan fingerprint density at radius 3 is 2.47 bits per heavy atom. The van der Waals surface area contributed by atoms with E-state index in [1.165, 1.54) is 0 Å². The second kappa shape index (κ2) is 4.21. The molecule has 15 heavy (non-hydrogen) atoms. The van der Waals surface area contributed by atoms with E-state index >= 15 is 0 Å². The number of hydrogen-bond donors (Lipinski definition) is 1. The van der Waals surface area contributed by atoms with Crippen LogP contribution in [0.15, 0.2) is 0 Å². The number of amides is 1. The van der Waals surface area contributed by atoms with Crippen LogP contribution in [0.1, 0.15) is 32.1 Å². The number of carbonyl (C=O) groups excluding carboxylic acids is 1. The van der Waals surface area contributed by atoms with Crippen LogP contribution in [-0.2, 0) is 9.59 Å². The van der Waals surface area contributed by atoms with Gasteiger partial charge in [-0.05, 0) is 31.6 Å². The van der Waals surface area contributed by atoms with Crippen LogP contribution in [0.5, 0.6) is 0 Å². The van der Waals surface area contributed by atoms with Crippen LogP contribution < -0.4 is 0 Å². The van der Waals surface area contributed by atoms with Crippen LogP contribution in [0.25, 0.3) is 0 Å². The zero-order valence-corrected chi connectivity index (χ0v) is 8.82. The average molecular weight is 211 g/mol. The van der Waals surface area contributed by atoms with Gasteiger partial charge in [0, 0.05) is 25.4 Å². The van der Waals surface area contributed by atoms with Crippen molar-refractivity contribution >= 4 is 11.9 Å². The minimum Gasteiger partial charge on any atom is -0.481 e. The molecule has 1 saturated carbocycles. The molecule has 84 valence electrons. The summed E-state index contributed by atoms with van der Waals surface area (Å²) in [6, 6.07) is 0. The monoisotopic (exact) mass is 211 g/mol. The summed E-state index contributed by atoms with van der Waals surface area (Å²) in [5.74, 6) is 0.474. The van der Waals surface area contributed by atoms with Gasteiger partial charge in [0.25, 0.3) is 0 Å². The number of carboxylic acid groups (broad SMARTS) is 1. The minimum absolute atomic E-state index is 0.257. The third kappa shape index (κ3) is 2.70. The third-order valence-corrected chi connectivity index (χ3v) is 3.20. The van der Waals surface area contributed by atoms with E-state index in [-0.39, 0.29) is 6.42 Å². The Bertz CT molecular complexity index is 267. The van der Waals surface area contributed by atoms with Gasteiger partial charge in [0.15, 0.2) is 0 Å². The topological polar surface area (TPSA) is 57.6 Å². The molecule has 1 aliphatic carbocycles. The average Bonchev–Trinajstić information content (AvgIpc) is 2.90. The van der Waals surface area contributed by atoms with Crippen LogP contribution >= 0.6 is 0 Å². The van der Waals surface area contributed by atoms with Gasteiger partial charge in [-0.3, -0.25) is 9.59 Å². The van der Waals surface area contributed by atoms with Crippen molar-refractivity contribution in [1.29, 1.82) is 0 Å². The van der Waals surface area contributed by atoms with Crippen molar-refractivity contribution in [3.05, 3.63) is 0 Å². The lowest BCUT2D eigenvalue weighted by molar-refractivity contribution is -0.140. The van der Waals surface area contributed by atoms with Gasteiger partial charge in [-0.2, -0.15) is 0 Å². The summed E-state index contributed by atoms with van der Waals surface area (Å²) >= 11 is 0. The van der Waals surface area contributed by atoms with Crippen molar-refractivity contribution in [3.63, 3.8) is 0 Å². The van der Waals surface area contributed by atoms with Gasteiger partial charge < -0.3 is 10.0 Å². The van der Waals surface area contributed by atoms with E-state index in [1.54, 1.807) is 0 Å². The molecule has 1 heterocycles. The standard InChI is InChI=1S/C11H17NO3/c13-10(14)3-1-2-8-6-12(7-8)11(15)9-4-5-9/h8-9H,1-7H2,(H,13,14). The lowest BCUT2D eigenvalue weighted by atomic mass is 9.93. The fraction of sp³-hybridized carbons (Fsp3) is 0.818. The summed E-state index contributed by atoms with van der Waals surface area (Å²) in [7, 11) is 0. The van der Waals surface area contributed by atoms with Gasteiger partial charge in [0.2, 0.25) is 5.91 Å². The Morgan fingerprint density at radius 1 is 1.27 bits per heavy atom. The van der Waals surface area contributed by atoms with Gasteiger partial charge in [-0.25, -0.2) is 0 Å². The number of aliphatic carboxylic acids is 1. The van der Waals surface area contributed by atoms with Crippen molar-refractivity contribution in [1.82, 2.24) is 4.90 Å². The molecule has 1 aliphatic heterocycles. The SMILES string of the molecule is O=C(O)CCCC1CN(C(=O)C2CC2)C1. The normalized spacial score (nSPS) is 21.2. The maximum absolute atomic E-state index is 11.5. The first-order chi connectivity index (χ1) is 7.16. The highest BCUT2D eigenvalue weighted by Gasteiger charge is 2.38. The van der Waals surface area contributed by atoms with Crippen molar-refractivity contribution in [2.24, 2.45) is 11.8 Å². The van der Waals surface area contributed by atoms with Crippen molar-refractivity contribution in [2.75, 3.05) is 13.1 Å². The molecular weight excluding hydrogens is 194 g/mol. The van der Waals surface area contributed by atoms with Crippen molar-refractivity contribution in [3.8, 4) is 0 Å². The molecule has 0 unspecified atom stereocenters. The summed E-state index contributed by atoms with van der Waals surface area (Å²) < 4.78 is 0. The van der Waals surface area contributed by atoms with Gasteiger partial charge >= 0.3 is 5.97 Å². The van der Waals surface area contributed by atoms with Crippen LogP contribution in [0.2, 0.25) is 0 Å². The Labute approximate surface area is 89.3 Å². The largest absolute Gasteiger partial charge is 0.481 e. The molecule has 0 bridgehead atoms. The second-order valence-electron chi connectivity index (χ2n) is 4.67. The Hall–Kier alpha value is -1.06. The number of carboxylic acids is 1. The first-order valence-corrected chi connectivity index (χ1v) is 5.67. The highest BCUT2D eigenvalue weighted by Crippen LogP contribution is 2.34. The van der Waals surface area contributed by atoms with Crippen LogP contribution in [0, 0.1) is 11.8 Å². The first-order valence-electron chi connectivity index (χ1n) is 5.67. The minimum atomic E-state index is -0.722. The summed E-state index contributed by atoms with van der Waals surface area (Å²) in [5.41, 5.74) is 0. The smallest absolute Gasteiger partial charge is 0.303 e. The molecule has 0 aromatic rings. The predicted octanol–water partition coefficient (Wildman–Crippen LogP) is 1.11.